The quantitative estimate of drug-likeness (QED) is 0.522. The third kappa shape index (κ3) is 7.72. The lowest BCUT2D eigenvalue weighted by atomic mass is 9.93. The van der Waals surface area contributed by atoms with E-state index in [1.54, 1.807) is 0 Å². The summed E-state index contributed by atoms with van der Waals surface area (Å²) >= 11 is 0. The average molecular weight is 297 g/mol. The van der Waals surface area contributed by atoms with Crippen LogP contribution >= 0.6 is 0 Å². The summed E-state index contributed by atoms with van der Waals surface area (Å²) in [6.07, 6.45) is -1.18. The van der Waals surface area contributed by atoms with E-state index in [0.29, 0.717) is 6.42 Å². The van der Waals surface area contributed by atoms with Gasteiger partial charge in [-0.3, -0.25) is 4.79 Å². The highest BCUT2D eigenvalue weighted by Crippen LogP contribution is 2.28. The maximum Gasteiger partial charge on any atom is 0.404 e. The van der Waals surface area contributed by atoms with E-state index >= 15 is 0 Å². The fraction of sp³-hybridized carbons (Fsp3) is 0.929. The monoisotopic (exact) mass is 297 g/mol. The number of rotatable bonds is 9. The van der Waals surface area contributed by atoms with E-state index in [-0.39, 0.29) is 18.9 Å². The average Bonchev–Trinajstić information content (AvgIpc) is 2.34. The minimum atomic E-state index is -4.58. The fourth-order valence-corrected chi connectivity index (χ4v) is 1.82. The van der Waals surface area contributed by atoms with Crippen molar-refractivity contribution in [2.75, 3.05) is 6.61 Å². The van der Waals surface area contributed by atoms with E-state index in [4.69, 9.17) is 10.5 Å². The number of ether oxygens (including phenoxy) is 1. The van der Waals surface area contributed by atoms with Crippen LogP contribution in [0.5, 0.6) is 0 Å². The highest BCUT2D eigenvalue weighted by Gasteiger charge is 2.45. The topological polar surface area (TPSA) is 52.3 Å². The molecule has 0 bridgehead atoms. The molecule has 2 N–H and O–H groups in total. The van der Waals surface area contributed by atoms with Crippen LogP contribution < -0.4 is 5.73 Å². The number of carbonyl (C=O) groups is 1. The fourth-order valence-electron chi connectivity index (χ4n) is 1.82. The van der Waals surface area contributed by atoms with Gasteiger partial charge in [-0.25, -0.2) is 0 Å². The molecule has 0 aromatic rings. The molecular formula is C14H26F3NO2. The van der Waals surface area contributed by atoms with Gasteiger partial charge >= 0.3 is 12.1 Å². The smallest absolute Gasteiger partial charge is 0.404 e. The van der Waals surface area contributed by atoms with E-state index in [1.165, 1.54) is 0 Å². The van der Waals surface area contributed by atoms with E-state index in [2.05, 4.69) is 0 Å². The standard InChI is InChI=1S/C14H26F3NO2/c1-4-5-6-7-8-11(12(18)14(15,16)17)13(19)20-9-10(2)3/h10-12H,4-9,18H2,1-3H3/t11-,12-/m1/s1. The van der Waals surface area contributed by atoms with Crippen molar-refractivity contribution in [3.05, 3.63) is 0 Å². The van der Waals surface area contributed by atoms with Gasteiger partial charge in [0, 0.05) is 0 Å². The van der Waals surface area contributed by atoms with Gasteiger partial charge in [0.1, 0.15) is 6.04 Å². The van der Waals surface area contributed by atoms with Crippen LogP contribution in [0.2, 0.25) is 0 Å². The zero-order valence-electron chi connectivity index (χ0n) is 12.5. The van der Waals surface area contributed by atoms with Crippen LogP contribution in [0.4, 0.5) is 13.2 Å². The lowest BCUT2D eigenvalue weighted by Crippen LogP contribution is -2.47. The Morgan fingerprint density at radius 2 is 1.80 bits per heavy atom. The summed E-state index contributed by atoms with van der Waals surface area (Å²) in [6, 6.07) is -2.15. The normalized spacial score (nSPS) is 15.2. The van der Waals surface area contributed by atoms with Gasteiger partial charge in [0.15, 0.2) is 0 Å². The molecule has 0 radical (unpaired) electrons. The SMILES string of the molecule is CCCCCC[C@@H](C(=O)OCC(C)C)[C@@H](N)C(F)(F)F. The molecule has 2 atom stereocenters. The van der Waals surface area contributed by atoms with Crippen molar-refractivity contribution in [3.8, 4) is 0 Å². The maximum atomic E-state index is 12.7. The molecule has 3 nitrogen and oxygen atoms in total. The Labute approximate surface area is 119 Å². The molecule has 0 aliphatic rings. The molecular weight excluding hydrogens is 271 g/mol. The Bertz CT molecular complexity index is 280. The number of hydrogen-bond donors (Lipinski definition) is 1. The highest BCUT2D eigenvalue weighted by atomic mass is 19.4. The first-order chi connectivity index (χ1) is 9.20. The summed E-state index contributed by atoms with van der Waals surface area (Å²) in [5.41, 5.74) is 5.19. The van der Waals surface area contributed by atoms with Gasteiger partial charge in [-0.05, 0) is 12.3 Å². The first kappa shape index (κ1) is 19.2. The molecule has 0 aliphatic heterocycles. The van der Waals surface area contributed by atoms with E-state index < -0.39 is 24.1 Å². The van der Waals surface area contributed by atoms with Gasteiger partial charge in [-0.1, -0.05) is 46.5 Å². The molecule has 0 aliphatic carbocycles. The summed E-state index contributed by atoms with van der Waals surface area (Å²) in [7, 11) is 0. The van der Waals surface area contributed by atoms with Crippen LogP contribution in [-0.2, 0) is 9.53 Å². The van der Waals surface area contributed by atoms with Crippen molar-refractivity contribution in [1.29, 1.82) is 0 Å². The van der Waals surface area contributed by atoms with Crippen molar-refractivity contribution in [2.24, 2.45) is 17.6 Å². The van der Waals surface area contributed by atoms with Crippen LogP contribution in [0.15, 0.2) is 0 Å². The molecule has 0 saturated heterocycles. The van der Waals surface area contributed by atoms with E-state index in [0.717, 1.165) is 19.3 Å². The van der Waals surface area contributed by atoms with Crippen molar-refractivity contribution in [1.82, 2.24) is 0 Å². The van der Waals surface area contributed by atoms with Crippen molar-refractivity contribution in [3.63, 3.8) is 0 Å². The lowest BCUT2D eigenvalue weighted by molar-refractivity contribution is -0.177. The maximum absolute atomic E-state index is 12.7. The molecule has 0 rings (SSSR count). The molecule has 6 heteroatoms. The second-order valence-corrected chi connectivity index (χ2v) is 5.55. The molecule has 0 fully saturated rings. The molecule has 0 spiro atoms. The van der Waals surface area contributed by atoms with Gasteiger partial charge in [-0.15, -0.1) is 0 Å². The second kappa shape index (κ2) is 9.21. The lowest BCUT2D eigenvalue weighted by Gasteiger charge is -2.24. The molecule has 20 heavy (non-hydrogen) atoms. The summed E-state index contributed by atoms with van der Waals surface area (Å²) in [5.74, 6) is -2.05. The van der Waals surface area contributed by atoms with Crippen molar-refractivity contribution in [2.45, 2.75) is 65.1 Å². The molecule has 0 amide bonds. The van der Waals surface area contributed by atoms with Crippen LogP contribution in [0, 0.1) is 11.8 Å². The minimum absolute atomic E-state index is 0.0850. The minimum Gasteiger partial charge on any atom is -0.465 e. The zero-order chi connectivity index (χ0) is 15.8. The van der Waals surface area contributed by atoms with Gasteiger partial charge in [-0.2, -0.15) is 13.2 Å². The molecule has 0 aromatic carbocycles. The van der Waals surface area contributed by atoms with Crippen LogP contribution in [0.3, 0.4) is 0 Å². The largest absolute Gasteiger partial charge is 0.465 e. The first-order valence-corrected chi connectivity index (χ1v) is 7.19. The predicted octanol–water partition coefficient (Wildman–Crippen LogP) is 3.66. The van der Waals surface area contributed by atoms with E-state index in [9.17, 15) is 18.0 Å². The summed E-state index contributed by atoms with van der Waals surface area (Å²) in [5, 5.41) is 0. The number of unbranched alkanes of at least 4 members (excludes halogenated alkanes) is 3. The number of halogens is 3. The van der Waals surface area contributed by atoms with Gasteiger partial charge in [0.05, 0.1) is 12.5 Å². The zero-order valence-corrected chi connectivity index (χ0v) is 12.5. The van der Waals surface area contributed by atoms with Gasteiger partial charge < -0.3 is 10.5 Å². The summed E-state index contributed by atoms with van der Waals surface area (Å²) < 4.78 is 43.0. The van der Waals surface area contributed by atoms with Crippen LogP contribution in [-0.4, -0.2) is 24.8 Å². The Balaban J connectivity index is 4.56. The number of hydrogen-bond acceptors (Lipinski definition) is 3. The van der Waals surface area contributed by atoms with E-state index in [1.807, 2.05) is 20.8 Å². The van der Waals surface area contributed by atoms with Gasteiger partial charge in [0.2, 0.25) is 0 Å². The Kier molecular flexibility index (Phi) is 8.85. The second-order valence-electron chi connectivity index (χ2n) is 5.55. The Morgan fingerprint density at radius 1 is 1.20 bits per heavy atom. The first-order valence-electron chi connectivity index (χ1n) is 7.19. The Morgan fingerprint density at radius 3 is 2.25 bits per heavy atom. The summed E-state index contributed by atoms with van der Waals surface area (Å²) in [4.78, 5) is 11.8. The van der Waals surface area contributed by atoms with Crippen molar-refractivity contribution >= 4 is 5.97 Å². The number of esters is 1. The molecule has 0 unspecified atom stereocenters. The number of carbonyl (C=O) groups excluding carboxylic acids is 1. The molecule has 0 saturated carbocycles. The summed E-state index contributed by atoms with van der Waals surface area (Å²) in [6.45, 7) is 5.78. The van der Waals surface area contributed by atoms with Crippen LogP contribution in [0.1, 0.15) is 52.9 Å². The molecule has 0 aromatic heterocycles. The van der Waals surface area contributed by atoms with Crippen LogP contribution in [0.25, 0.3) is 0 Å². The number of nitrogens with two attached hydrogens (primary N) is 1. The highest BCUT2D eigenvalue weighted by molar-refractivity contribution is 5.73. The van der Waals surface area contributed by atoms with Gasteiger partial charge in [0.25, 0.3) is 0 Å². The molecule has 0 heterocycles. The Hall–Kier alpha value is -0.780. The predicted molar refractivity (Wildman–Crippen MR) is 72.1 cm³/mol. The van der Waals surface area contributed by atoms with Crippen molar-refractivity contribution < 1.29 is 22.7 Å². The molecule has 120 valence electrons. The third-order valence-electron chi connectivity index (χ3n) is 3.04. The number of alkyl halides is 3. The third-order valence-corrected chi connectivity index (χ3v) is 3.04.